The Kier molecular flexibility index (Phi) is 19.1. The zero-order valence-electron chi connectivity index (χ0n) is 26.2. The SMILES string of the molecule is CCC(C)c1cccc(Cc2c(C)cc(CCPOc3ccccc3)cc2C)c1.CCC(CC)OC(=O)CN.CS. The van der Waals surface area contributed by atoms with E-state index in [1.165, 1.54) is 39.8 Å². The minimum atomic E-state index is -0.311. The summed E-state index contributed by atoms with van der Waals surface area (Å²) in [7, 11) is 0.500. The van der Waals surface area contributed by atoms with Crippen LogP contribution in [0.25, 0.3) is 0 Å². The highest BCUT2D eigenvalue weighted by Gasteiger charge is 2.10. The molecule has 41 heavy (non-hydrogen) atoms. The second-order valence-electron chi connectivity index (χ2n) is 10.1. The molecule has 3 aromatic rings. The van der Waals surface area contributed by atoms with Crippen LogP contribution in [0.15, 0.2) is 66.7 Å². The molecule has 3 aromatic carbocycles. The monoisotopic (exact) mass is 597 g/mol. The number of thiol groups is 1. The second kappa shape index (κ2) is 21.4. The fourth-order valence-corrected chi connectivity index (χ4v) is 5.26. The van der Waals surface area contributed by atoms with Crippen molar-refractivity contribution in [1.29, 1.82) is 0 Å². The Morgan fingerprint density at radius 2 is 1.51 bits per heavy atom. The van der Waals surface area contributed by atoms with Crippen LogP contribution >= 0.6 is 21.4 Å². The van der Waals surface area contributed by atoms with Gasteiger partial charge in [0.15, 0.2) is 0 Å². The molecule has 0 spiro atoms. The van der Waals surface area contributed by atoms with Crippen LogP contribution in [0.3, 0.4) is 0 Å². The summed E-state index contributed by atoms with van der Waals surface area (Å²) in [6.45, 7) is 13.0. The van der Waals surface area contributed by atoms with Gasteiger partial charge in [-0.2, -0.15) is 12.6 Å². The Morgan fingerprint density at radius 1 is 0.878 bits per heavy atom. The van der Waals surface area contributed by atoms with E-state index in [-0.39, 0.29) is 18.6 Å². The van der Waals surface area contributed by atoms with Gasteiger partial charge in [0.2, 0.25) is 0 Å². The molecule has 0 heterocycles. The quantitative estimate of drug-likeness (QED) is 0.0894. The van der Waals surface area contributed by atoms with E-state index >= 15 is 0 Å². The van der Waals surface area contributed by atoms with E-state index in [9.17, 15) is 4.79 Å². The van der Waals surface area contributed by atoms with Gasteiger partial charge in [0.25, 0.3) is 0 Å². The topological polar surface area (TPSA) is 61.5 Å². The normalized spacial score (nSPS) is 11.4. The van der Waals surface area contributed by atoms with Gasteiger partial charge < -0.3 is 15.0 Å². The lowest BCUT2D eigenvalue weighted by Gasteiger charge is -2.15. The van der Waals surface area contributed by atoms with Gasteiger partial charge in [-0.25, -0.2) is 0 Å². The first-order valence-electron chi connectivity index (χ1n) is 14.8. The van der Waals surface area contributed by atoms with Crippen molar-refractivity contribution in [2.45, 2.75) is 85.7 Å². The van der Waals surface area contributed by atoms with E-state index in [1.807, 2.05) is 44.2 Å². The number of nitrogens with two attached hydrogens (primary N) is 1. The number of hydrogen-bond acceptors (Lipinski definition) is 5. The molecule has 0 fully saturated rings. The minimum absolute atomic E-state index is 0.0174. The molecule has 4 nitrogen and oxygen atoms in total. The molecule has 226 valence electrons. The zero-order chi connectivity index (χ0) is 30.6. The van der Waals surface area contributed by atoms with Crippen LogP contribution in [0.2, 0.25) is 0 Å². The summed E-state index contributed by atoms with van der Waals surface area (Å²) in [5.41, 5.74) is 13.6. The molecule has 0 aliphatic carbocycles. The first-order chi connectivity index (χ1) is 19.8. The molecular formula is C35H52NO3PS. The van der Waals surface area contributed by atoms with Crippen molar-refractivity contribution in [2.75, 3.05) is 19.0 Å². The van der Waals surface area contributed by atoms with Gasteiger partial charge in [-0.3, -0.25) is 4.79 Å². The third-order valence-electron chi connectivity index (χ3n) is 7.09. The number of benzene rings is 3. The molecule has 0 aromatic heterocycles. The number of rotatable bonds is 13. The van der Waals surface area contributed by atoms with E-state index in [1.54, 1.807) is 6.26 Å². The van der Waals surface area contributed by atoms with Crippen molar-refractivity contribution in [3.05, 3.63) is 100 Å². The van der Waals surface area contributed by atoms with E-state index in [0.29, 0.717) is 14.7 Å². The largest absolute Gasteiger partial charge is 0.477 e. The highest BCUT2D eigenvalue weighted by atomic mass is 32.1. The number of ether oxygens (including phenoxy) is 1. The Bertz CT molecular complexity index is 1110. The first kappa shape index (κ1) is 36.7. The number of carbonyl (C=O) groups is 1. The maximum atomic E-state index is 10.6. The number of carbonyl (C=O) groups excluding carboxylic acids is 1. The van der Waals surface area contributed by atoms with Gasteiger partial charge in [0, 0.05) is 6.16 Å². The van der Waals surface area contributed by atoms with Crippen molar-refractivity contribution < 1.29 is 14.1 Å². The average molecular weight is 598 g/mol. The highest BCUT2D eigenvalue weighted by molar-refractivity contribution is 7.79. The van der Waals surface area contributed by atoms with Gasteiger partial charge in [-0.05, 0) is 104 Å². The van der Waals surface area contributed by atoms with Gasteiger partial charge in [-0.15, -0.1) is 0 Å². The molecule has 0 radical (unpaired) electrons. The fraction of sp³-hybridized carbons (Fsp3) is 0.457. The number of aryl methyl sites for hydroxylation is 3. The van der Waals surface area contributed by atoms with Crippen molar-refractivity contribution in [3.63, 3.8) is 0 Å². The smallest absolute Gasteiger partial charge is 0.319 e. The van der Waals surface area contributed by atoms with Gasteiger partial charge in [-0.1, -0.05) is 82.3 Å². The molecule has 2 unspecified atom stereocenters. The third kappa shape index (κ3) is 13.9. The Balaban J connectivity index is 0.000000594. The highest BCUT2D eigenvalue weighted by Crippen LogP contribution is 2.26. The van der Waals surface area contributed by atoms with Crippen LogP contribution in [0, 0.1) is 13.8 Å². The molecule has 0 bridgehead atoms. The maximum absolute atomic E-state index is 10.6. The van der Waals surface area contributed by atoms with Crippen LogP contribution in [0.5, 0.6) is 5.75 Å². The van der Waals surface area contributed by atoms with Crippen molar-refractivity contribution in [2.24, 2.45) is 5.73 Å². The van der Waals surface area contributed by atoms with Crippen LogP contribution in [0.1, 0.15) is 86.3 Å². The van der Waals surface area contributed by atoms with E-state index in [2.05, 4.69) is 76.7 Å². The van der Waals surface area contributed by atoms with Gasteiger partial charge >= 0.3 is 5.97 Å². The summed E-state index contributed by atoms with van der Waals surface area (Å²) >= 11 is 3.53. The molecule has 2 atom stereocenters. The van der Waals surface area contributed by atoms with E-state index in [4.69, 9.17) is 15.0 Å². The average Bonchev–Trinajstić information content (AvgIpc) is 3.01. The van der Waals surface area contributed by atoms with Gasteiger partial charge in [0.1, 0.15) is 11.9 Å². The Labute approximate surface area is 257 Å². The predicted octanol–water partition coefficient (Wildman–Crippen LogP) is 8.85. The van der Waals surface area contributed by atoms with E-state index < -0.39 is 0 Å². The van der Waals surface area contributed by atoms with Crippen LogP contribution < -0.4 is 10.3 Å². The molecule has 2 N–H and O–H groups in total. The van der Waals surface area contributed by atoms with Gasteiger partial charge in [0.05, 0.1) is 15.4 Å². The summed E-state index contributed by atoms with van der Waals surface area (Å²) in [4.78, 5) is 10.6. The number of para-hydroxylation sites is 1. The fourth-order valence-electron chi connectivity index (χ4n) is 4.46. The summed E-state index contributed by atoms with van der Waals surface area (Å²) in [5, 5.41) is 0. The molecule has 0 aliphatic heterocycles. The lowest BCUT2D eigenvalue weighted by molar-refractivity contribution is -0.147. The van der Waals surface area contributed by atoms with Crippen molar-refractivity contribution in [1.82, 2.24) is 0 Å². The Morgan fingerprint density at radius 3 is 2.07 bits per heavy atom. The summed E-state index contributed by atoms with van der Waals surface area (Å²) in [6, 6.07) is 24.0. The molecule has 3 rings (SSSR count). The predicted molar refractivity (Wildman–Crippen MR) is 182 cm³/mol. The maximum Gasteiger partial charge on any atom is 0.319 e. The lowest BCUT2D eigenvalue weighted by Crippen LogP contribution is -2.22. The molecule has 0 saturated heterocycles. The number of hydrogen-bond donors (Lipinski definition) is 2. The standard InChI is InChI=1S/C27H33OP.C7H15NO2.CH4S/c1-5-20(2)25-11-9-10-23(18-25)19-27-21(3)16-24(17-22(27)4)14-15-29-28-26-12-7-6-8-13-26;1-3-6(4-2)10-7(9)5-8;1-2/h6-13,16-18,20,29H,5,14-15,19H2,1-4H3;6H,3-5,8H2,1-2H3;2H,1H3. The third-order valence-corrected chi connectivity index (χ3v) is 7.93. The molecule has 6 heteroatoms. The molecule has 0 saturated carbocycles. The lowest BCUT2D eigenvalue weighted by atomic mass is 9.91. The minimum Gasteiger partial charge on any atom is -0.477 e. The molecule has 0 amide bonds. The molecule has 0 aliphatic rings. The van der Waals surface area contributed by atoms with Crippen LogP contribution in [0.4, 0.5) is 0 Å². The summed E-state index contributed by atoms with van der Waals surface area (Å²) < 4.78 is 10.8. The van der Waals surface area contributed by atoms with Crippen LogP contribution in [-0.4, -0.2) is 31.0 Å². The summed E-state index contributed by atoms with van der Waals surface area (Å²) in [6.07, 6.45) is 7.80. The zero-order valence-corrected chi connectivity index (χ0v) is 28.1. The van der Waals surface area contributed by atoms with E-state index in [0.717, 1.165) is 37.6 Å². The second-order valence-corrected chi connectivity index (χ2v) is 11.1. The summed E-state index contributed by atoms with van der Waals surface area (Å²) in [5.74, 6) is 1.28. The van der Waals surface area contributed by atoms with Crippen LogP contribution in [-0.2, 0) is 22.4 Å². The molecular weight excluding hydrogens is 545 g/mol. The van der Waals surface area contributed by atoms with Crippen molar-refractivity contribution in [3.8, 4) is 5.75 Å². The first-order valence-corrected chi connectivity index (χ1v) is 16.8. The Hall–Kier alpha value is -2.33. The number of esters is 1. The van der Waals surface area contributed by atoms with Crippen molar-refractivity contribution >= 4 is 27.4 Å².